The fraction of sp³-hybridized carbons (Fsp3) is 0.333. The lowest BCUT2D eigenvalue weighted by Gasteiger charge is -2.23. The Morgan fingerprint density at radius 2 is 1.66 bits per heavy atom. The zero-order valence-corrected chi connectivity index (χ0v) is 18.2. The van der Waals surface area contributed by atoms with Crippen LogP contribution in [0.2, 0.25) is 0 Å². The summed E-state index contributed by atoms with van der Waals surface area (Å²) in [5.41, 5.74) is -0.726. The van der Waals surface area contributed by atoms with Gasteiger partial charge in [0.15, 0.2) is 0 Å². The summed E-state index contributed by atoms with van der Waals surface area (Å²) in [5.74, 6) is -2.22. The number of anilines is 1. The van der Waals surface area contributed by atoms with Crippen LogP contribution in [0.3, 0.4) is 0 Å². The lowest BCUT2D eigenvalue weighted by Crippen LogP contribution is -2.19. The summed E-state index contributed by atoms with van der Waals surface area (Å²) in [6, 6.07) is 7.37. The summed E-state index contributed by atoms with van der Waals surface area (Å²) in [7, 11) is 1.58. The molecule has 0 radical (unpaired) electrons. The highest BCUT2D eigenvalue weighted by Crippen LogP contribution is 2.32. The molecule has 0 fully saturated rings. The molecule has 0 heterocycles. The van der Waals surface area contributed by atoms with E-state index < -0.39 is 29.2 Å². The molecule has 0 unspecified atom stereocenters. The van der Waals surface area contributed by atoms with Gasteiger partial charge >= 0.3 is 6.18 Å². The van der Waals surface area contributed by atoms with Crippen molar-refractivity contribution < 1.29 is 26.3 Å². The van der Waals surface area contributed by atoms with E-state index in [-0.39, 0.29) is 35.5 Å². The largest absolute Gasteiger partial charge is 0.416 e. The number of nitrogens with zero attached hydrogens (tertiary/aromatic N) is 1. The van der Waals surface area contributed by atoms with Crippen molar-refractivity contribution in [2.75, 3.05) is 18.9 Å². The summed E-state index contributed by atoms with van der Waals surface area (Å²) < 4.78 is 82.9. The van der Waals surface area contributed by atoms with Crippen molar-refractivity contribution in [3.05, 3.63) is 82.7 Å². The van der Waals surface area contributed by atoms with E-state index in [1.54, 1.807) is 20.9 Å². The molecule has 0 aliphatic rings. The highest BCUT2D eigenvalue weighted by molar-refractivity contribution is 5.69. The van der Waals surface area contributed by atoms with Gasteiger partial charge in [0.2, 0.25) is 0 Å². The van der Waals surface area contributed by atoms with E-state index in [1.165, 1.54) is 23.1 Å². The summed E-state index contributed by atoms with van der Waals surface area (Å²) in [5, 5.41) is 2.74. The van der Waals surface area contributed by atoms with Gasteiger partial charge in [-0.1, -0.05) is 25.5 Å². The van der Waals surface area contributed by atoms with Gasteiger partial charge in [0.1, 0.15) is 17.5 Å². The van der Waals surface area contributed by atoms with E-state index >= 15 is 0 Å². The molecule has 0 aromatic heterocycles. The monoisotopic (exact) mass is 456 g/mol. The second kappa shape index (κ2) is 11.1. The van der Waals surface area contributed by atoms with E-state index in [0.717, 1.165) is 30.4 Å². The number of benzene rings is 2. The fourth-order valence-electron chi connectivity index (χ4n) is 2.99. The molecule has 0 bridgehead atoms. The van der Waals surface area contributed by atoms with Crippen LogP contribution in [0.5, 0.6) is 0 Å². The molecule has 0 aliphatic carbocycles. The van der Waals surface area contributed by atoms with Gasteiger partial charge in [-0.2, -0.15) is 13.2 Å². The maximum Gasteiger partial charge on any atom is 0.416 e. The summed E-state index contributed by atoms with van der Waals surface area (Å²) in [6.07, 6.45) is -1.74. The van der Waals surface area contributed by atoms with E-state index in [2.05, 4.69) is 5.32 Å². The first-order chi connectivity index (χ1) is 15.1. The van der Waals surface area contributed by atoms with Gasteiger partial charge in [-0.05, 0) is 49.8 Å². The van der Waals surface area contributed by atoms with Crippen molar-refractivity contribution in [3.63, 3.8) is 0 Å². The SMILES string of the molecule is CCCC=C(C=C(c1ccc(NCc2c(F)cccc2F)cc1F)N(C)CC)C(F)(F)F. The highest BCUT2D eigenvalue weighted by Gasteiger charge is 2.32. The number of rotatable bonds is 9. The Hall–Kier alpha value is -2.90. The van der Waals surface area contributed by atoms with Crippen LogP contribution in [-0.2, 0) is 6.54 Å². The van der Waals surface area contributed by atoms with Gasteiger partial charge < -0.3 is 10.2 Å². The zero-order chi connectivity index (χ0) is 23.9. The Morgan fingerprint density at radius 1 is 1.00 bits per heavy atom. The smallest absolute Gasteiger partial charge is 0.381 e. The average molecular weight is 456 g/mol. The lowest BCUT2D eigenvalue weighted by atomic mass is 10.0. The lowest BCUT2D eigenvalue weighted by molar-refractivity contribution is -0.0884. The van der Waals surface area contributed by atoms with Crippen LogP contribution in [0.1, 0.15) is 37.8 Å². The Morgan fingerprint density at radius 3 is 2.19 bits per heavy atom. The van der Waals surface area contributed by atoms with Crippen molar-refractivity contribution in [3.8, 4) is 0 Å². The average Bonchev–Trinajstić information content (AvgIpc) is 2.73. The van der Waals surface area contributed by atoms with E-state index in [1.807, 2.05) is 0 Å². The molecule has 0 saturated heterocycles. The molecule has 2 aromatic rings. The van der Waals surface area contributed by atoms with Crippen LogP contribution in [-0.4, -0.2) is 24.7 Å². The van der Waals surface area contributed by atoms with Crippen molar-refractivity contribution in [1.82, 2.24) is 4.90 Å². The third-order valence-corrected chi connectivity index (χ3v) is 4.93. The second-order valence-electron chi connectivity index (χ2n) is 7.24. The second-order valence-corrected chi connectivity index (χ2v) is 7.24. The maximum atomic E-state index is 14.9. The third-order valence-electron chi connectivity index (χ3n) is 4.93. The van der Waals surface area contributed by atoms with E-state index in [9.17, 15) is 26.3 Å². The first-order valence-corrected chi connectivity index (χ1v) is 10.2. The minimum Gasteiger partial charge on any atom is -0.381 e. The topological polar surface area (TPSA) is 15.3 Å². The number of nitrogens with one attached hydrogen (secondary N) is 1. The molecule has 0 atom stereocenters. The third kappa shape index (κ3) is 6.55. The van der Waals surface area contributed by atoms with Gasteiger partial charge in [0.05, 0.1) is 5.57 Å². The Balaban J connectivity index is 2.38. The number of alkyl halides is 3. The number of halogens is 6. The van der Waals surface area contributed by atoms with Crippen LogP contribution in [0.4, 0.5) is 32.0 Å². The van der Waals surface area contributed by atoms with Crippen LogP contribution in [0, 0.1) is 17.5 Å². The van der Waals surface area contributed by atoms with Gasteiger partial charge in [-0.3, -0.25) is 0 Å². The Bertz CT molecular complexity index is 959. The minimum absolute atomic E-state index is 0.0105. The summed E-state index contributed by atoms with van der Waals surface area (Å²) in [4.78, 5) is 1.52. The molecule has 174 valence electrons. The summed E-state index contributed by atoms with van der Waals surface area (Å²) >= 11 is 0. The number of unbranched alkanes of at least 4 members (excludes halogenated alkanes) is 1. The first-order valence-electron chi connectivity index (χ1n) is 10.2. The Labute approximate surface area is 184 Å². The molecular formula is C24H26F6N2. The number of hydrogen-bond acceptors (Lipinski definition) is 2. The van der Waals surface area contributed by atoms with Crippen molar-refractivity contribution in [1.29, 1.82) is 0 Å². The van der Waals surface area contributed by atoms with Crippen LogP contribution in [0.15, 0.2) is 54.1 Å². The van der Waals surface area contributed by atoms with Gasteiger partial charge in [0.25, 0.3) is 0 Å². The van der Waals surface area contributed by atoms with Crippen molar-refractivity contribution >= 4 is 11.4 Å². The normalized spacial score (nSPS) is 12.8. The van der Waals surface area contributed by atoms with Crippen molar-refractivity contribution in [2.45, 2.75) is 39.4 Å². The molecule has 2 nitrogen and oxygen atoms in total. The van der Waals surface area contributed by atoms with Gasteiger partial charge in [-0.25, -0.2) is 13.2 Å². The molecule has 0 amide bonds. The molecule has 0 aliphatic heterocycles. The predicted molar refractivity (Wildman–Crippen MR) is 115 cm³/mol. The molecule has 8 heteroatoms. The predicted octanol–water partition coefficient (Wildman–Crippen LogP) is 7.30. The first kappa shape index (κ1) is 25.4. The fourth-order valence-corrected chi connectivity index (χ4v) is 2.99. The summed E-state index contributed by atoms with van der Waals surface area (Å²) in [6.45, 7) is 3.66. The molecule has 2 rings (SSSR count). The Kier molecular flexibility index (Phi) is 8.80. The minimum atomic E-state index is -4.57. The van der Waals surface area contributed by atoms with Crippen LogP contribution >= 0.6 is 0 Å². The zero-order valence-electron chi connectivity index (χ0n) is 18.2. The highest BCUT2D eigenvalue weighted by atomic mass is 19.4. The molecule has 1 N–H and O–H groups in total. The molecular weight excluding hydrogens is 430 g/mol. The molecule has 32 heavy (non-hydrogen) atoms. The molecule has 2 aromatic carbocycles. The van der Waals surface area contributed by atoms with Crippen molar-refractivity contribution in [2.24, 2.45) is 0 Å². The molecule has 0 saturated carbocycles. The van der Waals surface area contributed by atoms with E-state index in [4.69, 9.17) is 0 Å². The van der Waals surface area contributed by atoms with Crippen LogP contribution < -0.4 is 5.32 Å². The number of allylic oxidation sites excluding steroid dienone is 3. The van der Waals surface area contributed by atoms with Gasteiger partial charge in [0, 0.05) is 42.6 Å². The van der Waals surface area contributed by atoms with Crippen LogP contribution in [0.25, 0.3) is 5.70 Å². The molecule has 0 spiro atoms. The standard InChI is InChI=1S/C24H26F6N2/c1-4-6-8-16(24(28,29)30)13-23(32(3)5-2)18-12-11-17(14-22(18)27)31-15-19-20(25)9-7-10-21(19)26/h7-14,31H,4-6,15H2,1-3H3. The van der Waals surface area contributed by atoms with Gasteiger partial charge in [-0.15, -0.1) is 0 Å². The quantitative estimate of drug-likeness (QED) is 0.315. The van der Waals surface area contributed by atoms with E-state index in [0.29, 0.717) is 13.0 Å². The maximum absolute atomic E-state index is 14.9. The number of hydrogen-bond donors (Lipinski definition) is 1.